The van der Waals surface area contributed by atoms with E-state index < -0.39 is 5.97 Å². The van der Waals surface area contributed by atoms with Crippen LogP contribution in [0, 0.1) is 0 Å². The van der Waals surface area contributed by atoms with Crippen LogP contribution in [0.2, 0.25) is 0 Å². The van der Waals surface area contributed by atoms with Crippen molar-refractivity contribution >= 4 is 17.9 Å². The van der Waals surface area contributed by atoms with Crippen LogP contribution in [0.4, 0.5) is 0 Å². The van der Waals surface area contributed by atoms with Gasteiger partial charge in [-0.3, -0.25) is 9.59 Å². The van der Waals surface area contributed by atoms with Gasteiger partial charge in [0.2, 0.25) is 0 Å². The number of hydrogen-bond acceptors (Lipinski definition) is 6. The van der Waals surface area contributed by atoms with Gasteiger partial charge in [-0.25, -0.2) is 4.79 Å². The first-order valence-electron chi connectivity index (χ1n) is 7.61. The Kier molecular flexibility index (Phi) is 12.9. The molecule has 0 atom stereocenters. The summed E-state index contributed by atoms with van der Waals surface area (Å²) in [5.41, 5.74) is 0. The molecule has 0 aliphatic heterocycles. The fraction of sp³-hybridized carbons (Fsp3) is 0.688. The number of methoxy groups -OCH3 is 1. The molecule has 0 spiro atoms. The Morgan fingerprint density at radius 3 is 1.91 bits per heavy atom. The first-order valence-corrected chi connectivity index (χ1v) is 7.61. The molecular weight excluding hydrogens is 288 g/mol. The van der Waals surface area contributed by atoms with E-state index in [0.29, 0.717) is 32.5 Å². The molecule has 0 amide bonds. The maximum Gasteiger partial charge on any atom is 0.330 e. The molecule has 0 saturated heterocycles. The summed E-state index contributed by atoms with van der Waals surface area (Å²) in [5.74, 6) is -0.849. The molecule has 0 aliphatic carbocycles. The van der Waals surface area contributed by atoms with E-state index in [-0.39, 0.29) is 11.9 Å². The van der Waals surface area contributed by atoms with Gasteiger partial charge in [-0.05, 0) is 38.5 Å². The Morgan fingerprint density at radius 2 is 1.36 bits per heavy atom. The number of carbonyl (C=O) groups is 3. The van der Waals surface area contributed by atoms with E-state index in [2.05, 4.69) is 11.3 Å². The molecule has 0 aromatic carbocycles. The van der Waals surface area contributed by atoms with Gasteiger partial charge >= 0.3 is 17.9 Å². The molecule has 6 heteroatoms. The smallest absolute Gasteiger partial charge is 0.330 e. The number of unbranched alkanes of at least 4 members (excludes halogenated alkanes) is 4. The zero-order valence-electron chi connectivity index (χ0n) is 13.3. The number of ether oxygens (including phenoxy) is 3. The Morgan fingerprint density at radius 1 is 0.818 bits per heavy atom. The molecule has 22 heavy (non-hydrogen) atoms. The van der Waals surface area contributed by atoms with Crippen molar-refractivity contribution in [1.82, 2.24) is 0 Å². The SMILES string of the molecule is C=CC(=O)OCCCCCC(=O)OCCCCCC(=O)OC. The van der Waals surface area contributed by atoms with Crippen LogP contribution in [-0.2, 0) is 28.6 Å². The molecule has 126 valence electrons. The van der Waals surface area contributed by atoms with Gasteiger partial charge < -0.3 is 14.2 Å². The molecule has 0 aromatic rings. The zero-order chi connectivity index (χ0) is 16.6. The number of hydrogen-bond donors (Lipinski definition) is 0. The van der Waals surface area contributed by atoms with Gasteiger partial charge in [0.05, 0.1) is 20.3 Å². The second-order valence-electron chi connectivity index (χ2n) is 4.79. The van der Waals surface area contributed by atoms with Gasteiger partial charge in [0.1, 0.15) is 0 Å². The van der Waals surface area contributed by atoms with Crippen molar-refractivity contribution in [2.24, 2.45) is 0 Å². The lowest BCUT2D eigenvalue weighted by Crippen LogP contribution is -2.06. The number of esters is 3. The van der Waals surface area contributed by atoms with Crippen LogP contribution in [0.5, 0.6) is 0 Å². The number of carbonyl (C=O) groups excluding carboxylic acids is 3. The van der Waals surface area contributed by atoms with Crippen molar-refractivity contribution in [3.8, 4) is 0 Å². The van der Waals surface area contributed by atoms with E-state index in [1.54, 1.807) is 0 Å². The minimum Gasteiger partial charge on any atom is -0.469 e. The van der Waals surface area contributed by atoms with Crippen LogP contribution in [0.15, 0.2) is 12.7 Å². The van der Waals surface area contributed by atoms with E-state index >= 15 is 0 Å². The molecular formula is C16H26O6. The average molecular weight is 314 g/mol. The molecule has 0 fully saturated rings. The Balaban J connectivity index is 3.31. The highest BCUT2D eigenvalue weighted by Crippen LogP contribution is 2.04. The highest BCUT2D eigenvalue weighted by atomic mass is 16.5. The first kappa shape index (κ1) is 20.1. The molecule has 0 N–H and O–H groups in total. The summed E-state index contributed by atoms with van der Waals surface area (Å²) in [6, 6.07) is 0. The van der Waals surface area contributed by atoms with E-state index in [1.807, 2.05) is 0 Å². The van der Waals surface area contributed by atoms with Gasteiger partial charge in [0, 0.05) is 18.9 Å². The molecule has 0 unspecified atom stereocenters. The quantitative estimate of drug-likeness (QED) is 0.225. The van der Waals surface area contributed by atoms with Crippen molar-refractivity contribution < 1.29 is 28.6 Å². The van der Waals surface area contributed by atoms with E-state index in [9.17, 15) is 14.4 Å². The van der Waals surface area contributed by atoms with E-state index in [0.717, 1.165) is 38.2 Å². The Bertz CT molecular complexity index is 351. The molecule has 0 bridgehead atoms. The van der Waals surface area contributed by atoms with Crippen molar-refractivity contribution in [2.45, 2.75) is 51.4 Å². The van der Waals surface area contributed by atoms with Crippen molar-refractivity contribution in [2.75, 3.05) is 20.3 Å². The molecule has 0 aliphatic rings. The second kappa shape index (κ2) is 14.1. The van der Waals surface area contributed by atoms with Crippen LogP contribution in [0.3, 0.4) is 0 Å². The molecule has 0 radical (unpaired) electrons. The lowest BCUT2D eigenvalue weighted by atomic mass is 10.2. The largest absolute Gasteiger partial charge is 0.469 e. The summed E-state index contributed by atoms with van der Waals surface area (Å²) in [6.07, 6.45) is 6.47. The van der Waals surface area contributed by atoms with Crippen molar-refractivity contribution in [3.63, 3.8) is 0 Å². The predicted molar refractivity (Wildman–Crippen MR) is 81.1 cm³/mol. The average Bonchev–Trinajstić information content (AvgIpc) is 2.53. The molecule has 0 saturated carbocycles. The third kappa shape index (κ3) is 13.1. The van der Waals surface area contributed by atoms with E-state index in [1.165, 1.54) is 7.11 Å². The lowest BCUT2D eigenvalue weighted by Gasteiger charge is -2.05. The highest BCUT2D eigenvalue weighted by molar-refractivity contribution is 5.81. The maximum atomic E-state index is 11.4. The fourth-order valence-electron chi connectivity index (χ4n) is 1.69. The van der Waals surface area contributed by atoms with Crippen LogP contribution in [0.1, 0.15) is 51.4 Å². The minimum absolute atomic E-state index is 0.212. The summed E-state index contributed by atoms with van der Waals surface area (Å²) < 4.78 is 14.4. The predicted octanol–water partition coefficient (Wildman–Crippen LogP) is 2.55. The molecule has 0 heterocycles. The van der Waals surface area contributed by atoms with Crippen molar-refractivity contribution in [3.05, 3.63) is 12.7 Å². The van der Waals surface area contributed by atoms with Gasteiger partial charge in [-0.1, -0.05) is 6.58 Å². The molecule has 6 nitrogen and oxygen atoms in total. The molecule has 0 rings (SSSR count). The summed E-state index contributed by atoms with van der Waals surface area (Å²) in [4.78, 5) is 33.0. The van der Waals surface area contributed by atoms with Crippen molar-refractivity contribution in [1.29, 1.82) is 0 Å². The summed E-state index contributed by atoms with van der Waals surface area (Å²) in [6.45, 7) is 4.03. The summed E-state index contributed by atoms with van der Waals surface area (Å²) in [5, 5.41) is 0. The fourth-order valence-corrected chi connectivity index (χ4v) is 1.69. The van der Waals surface area contributed by atoms with Gasteiger partial charge in [-0.15, -0.1) is 0 Å². The monoisotopic (exact) mass is 314 g/mol. The van der Waals surface area contributed by atoms with Gasteiger partial charge in [0.15, 0.2) is 0 Å². The summed E-state index contributed by atoms with van der Waals surface area (Å²) in [7, 11) is 1.37. The van der Waals surface area contributed by atoms with Crippen LogP contribution in [0.25, 0.3) is 0 Å². The van der Waals surface area contributed by atoms with Gasteiger partial charge in [0.25, 0.3) is 0 Å². The third-order valence-corrected chi connectivity index (χ3v) is 2.95. The third-order valence-electron chi connectivity index (χ3n) is 2.95. The molecule has 0 aromatic heterocycles. The highest BCUT2D eigenvalue weighted by Gasteiger charge is 2.04. The Labute approximate surface area is 131 Å². The van der Waals surface area contributed by atoms with Crippen LogP contribution < -0.4 is 0 Å². The number of rotatable bonds is 13. The summed E-state index contributed by atoms with van der Waals surface area (Å²) >= 11 is 0. The zero-order valence-corrected chi connectivity index (χ0v) is 13.3. The standard InChI is InChI=1S/C16H26O6/c1-3-14(17)21-12-8-5-7-11-16(19)22-13-9-4-6-10-15(18)20-2/h3H,1,4-13H2,2H3. The Hall–Kier alpha value is -1.85. The maximum absolute atomic E-state index is 11.4. The van der Waals surface area contributed by atoms with Crippen LogP contribution in [-0.4, -0.2) is 38.2 Å². The first-order chi connectivity index (χ1) is 10.6. The van der Waals surface area contributed by atoms with Crippen LogP contribution >= 0.6 is 0 Å². The minimum atomic E-state index is -0.424. The lowest BCUT2D eigenvalue weighted by molar-refractivity contribution is -0.144. The topological polar surface area (TPSA) is 78.9 Å². The normalized spacial score (nSPS) is 9.86. The van der Waals surface area contributed by atoms with E-state index in [4.69, 9.17) is 9.47 Å². The van der Waals surface area contributed by atoms with Gasteiger partial charge in [-0.2, -0.15) is 0 Å². The second-order valence-corrected chi connectivity index (χ2v) is 4.79.